The van der Waals surface area contributed by atoms with Crippen molar-refractivity contribution < 1.29 is 13.2 Å². The first-order valence-corrected chi connectivity index (χ1v) is 9.18. The summed E-state index contributed by atoms with van der Waals surface area (Å²) < 4.78 is 26.1. The van der Waals surface area contributed by atoms with Gasteiger partial charge >= 0.3 is 0 Å². The van der Waals surface area contributed by atoms with Crippen LogP contribution in [0.2, 0.25) is 5.02 Å². The lowest BCUT2D eigenvalue weighted by molar-refractivity contribution is 0.0864. The third-order valence-corrected chi connectivity index (χ3v) is 6.35. The number of H-pyrrole nitrogens is 1. The van der Waals surface area contributed by atoms with Crippen molar-refractivity contribution >= 4 is 38.3 Å². The Bertz CT molecular complexity index is 1200. The first kappa shape index (κ1) is 15.9. The Morgan fingerprint density at radius 3 is 2.56 bits per heavy atom. The van der Waals surface area contributed by atoms with Crippen molar-refractivity contribution in [2.75, 3.05) is 0 Å². The second-order valence-electron chi connectivity index (χ2n) is 5.64. The largest absolute Gasteiger partial charge is 0.324 e. The van der Waals surface area contributed by atoms with Crippen LogP contribution < -0.4 is 5.56 Å². The van der Waals surface area contributed by atoms with E-state index in [1.54, 1.807) is 30.3 Å². The maximum absolute atomic E-state index is 12.7. The Labute approximate surface area is 147 Å². The lowest BCUT2D eigenvalue weighted by atomic mass is 10.1. The molecule has 1 aliphatic heterocycles. The molecule has 3 aromatic rings. The van der Waals surface area contributed by atoms with E-state index in [1.807, 2.05) is 0 Å². The fraction of sp³-hybridized carbons (Fsp3) is 0.0588. The summed E-state index contributed by atoms with van der Waals surface area (Å²) in [5.41, 5.74) is 0.0212. The maximum atomic E-state index is 12.7. The summed E-state index contributed by atoms with van der Waals surface area (Å²) in [6.07, 6.45) is 0. The molecular formula is C17H11ClN2O4S. The molecule has 1 N–H and O–H groups in total. The van der Waals surface area contributed by atoms with Crippen LogP contribution in [0, 0.1) is 0 Å². The predicted molar refractivity (Wildman–Crippen MR) is 93.1 cm³/mol. The fourth-order valence-electron chi connectivity index (χ4n) is 2.96. The lowest BCUT2D eigenvalue weighted by Crippen LogP contribution is -2.30. The van der Waals surface area contributed by atoms with Gasteiger partial charge in [0.25, 0.3) is 21.5 Å². The zero-order chi connectivity index (χ0) is 17.8. The van der Waals surface area contributed by atoms with Crippen LogP contribution in [0.4, 0.5) is 0 Å². The first-order valence-electron chi connectivity index (χ1n) is 7.36. The number of nitrogens with zero attached hydrogens (tertiary/aromatic N) is 1. The van der Waals surface area contributed by atoms with Gasteiger partial charge in [0.2, 0.25) is 0 Å². The number of amides is 1. The number of carbonyl (C=O) groups excluding carboxylic acids is 1. The highest BCUT2D eigenvalue weighted by atomic mass is 35.5. The number of aromatic amines is 1. The maximum Gasteiger partial charge on any atom is 0.269 e. The monoisotopic (exact) mass is 374 g/mol. The van der Waals surface area contributed by atoms with E-state index in [0.29, 0.717) is 16.5 Å². The zero-order valence-corrected chi connectivity index (χ0v) is 14.3. The molecule has 0 bridgehead atoms. The molecule has 2 heterocycles. The molecule has 6 nitrogen and oxygen atoms in total. The molecule has 0 saturated carbocycles. The molecule has 1 amide bonds. The van der Waals surface area contributed by atoms with Gasteiger partial charge < -0.3 is 4.98 Å². The quantitative estimate of drug-likeness (QED) is 0.746. The van der Waals surface area contributed by atoms with Gasteiger partial charge in [0.1, 0.15) is 4.90 Å². The summed E-state index contributed by atoms with van der Waals surface area (Å²) in [5.74, 6) is -0.661. The number of aromatic nitrogens is 1. The number of nitrogens with one attached hydrogen (secondary N) is 1. The molecule has 4 rings (SSSR count). The highest BCUT2D eigenvalue weighted by molar-refractivity contribution is 7.90. The van der Waals surface area contributed by atoms with Gasteiger partial charge in [-0.05, 0) is 29.7 Å². The third kappa shape index (κ3) is 2.35. The minimum Gasteiger partial charge on any atom is -0.324 e. The van der Waals surface area contributed by atoms with Crippen molar-refractivity contribution in [3.05, 3.63) is 75.2 Å². The Morgan fingerprint density at radius 2 is 1.80 bits per heavy atom. The highest BCUT2D eigenvalue weighted by Crippen LogP contribution is 2.36. The van der Waals surface area contributed by atoms with Crippen LogP contribution in [-0.2, 0) is 16.6 Å². The van der Waals surface area contributed by atoms with E-state index in [9.17, 15) is 18.0 Å². The van der Waals surface area contributed by atoms with E-state index in [0.717, 1.165) is 4.31 Å². The van der Waals surface area contributed by atoms with Gasteiger partial charge in [-0.2, -0.15) is 0 Å². The van der Waals surface area contributed by atoms with E-state index in [2.05, 4.69) is 4.98 Å². The van der Waals surface area contributed by atoms with Gasteiger partial charge in [0.15, 0.2) is 0 Å². The molecule has 0 spiro atoms. The summed E-state index contributed by atoms with van der Waals surface area (Å²) in [7, 11) is -4.06. The van der Waals surface area contributed by atoms with Crippen LogP contribution >= 0.6 is 11.6 Å². The number of pyridine rings is 1. The molecule has 1 aliphatic rings. The molecule has 8 heteroatoms. The number of sulfonamides is 1. The SMILES string of the molecule is O=C1c2cccc(Cl)c2S(=O)(=O)N1Cc1cc2ccccc2c(=O)[nH]1. The molecule has 2 aromatic carbocycles. The molecule has 0 saturated heterocycles. The van der Waals surface area contributed by atoms with Crippen LogP contribution in [0.1, 0.15) is 16.1 Å². The molecule has 0 atom stereocenters. The number of benzene rings is 2. The Morgan fingerprint density at radius 1 is 1.04 bits per heavy atom. The molecule has 0 fully saturated rings. The van der Waals surface area contributed by atoms with E-state index in [1.165, 1.54) is 18.2 Å². The minimum absolute atomic E-state index is 0.000329. The first-order chi connectivity index (χ1) is 11.9. The van der Waals surface area contributed by atoms with Crippen LogP contribution in [0.25, 0.3) is 10.8 Å². The molecule has 0 unspecified atom stereocenters. The van der Waals surface area contributed by atoms with E-state index in [4.69, 9.17) is 11.6 Å². The topological polar surface area (TPSA) is 87.3 Å². The van der Waals surface area contributed by atoms with E-state index >= 15 is 0 Å². The van der Waals surface area contributed by atoms with Gasteiger partial charge in [-0.15, -0.1) is 0 Å². The standard InChI is InChI=1S/C17H11ClN2O4S/c18-14-7-3-6-13-15(14)25(23,24)20(17(13)22)9-11-8-10-4-1-2-5-12(10)16(21)19-11/h1-8H,9H2,(H,19,21). The molecule has 1 aromatic heterocycles. The van der Waals surface area contributed by atoms with Crippen molar-refractivity contribution in [3.63, 3.8) is 0 Å². The molecule has 0 radical (unpaired) electrons. The molecule has 25 heavy (non-hydrogen) atoms. The zero-order valence-electron chi connectivity index (χ0n) is 12.7. The number of hydrogen-bond donors (Lipinski definition) is 1. The highest BCUT2D eigenvalue weighted by Gasteiger charge is 2.42. The van der Waals surface area contributed by atoms with Gasteiger partial charge in [-0.1, -0.05) is 35.9 Å². The summed E-state index contributed by atoms with van der Waals surface area (Å²) in [6.45, 7) is -0.272. The summed E-state index contributed by atoms with van der Waals surface area (Å²) >= 11 is 5.98. The van der Waals surface area contributed by atoms with E-state index in [-0.39, 0.29) is 27.6 Å². The van der Waals surface area contributed by atoms with Crippen LogP contribution in [0.5, 0.6) is 0 Å². The van der Waals surface area contributed by atoms with Gasteiger partial charge in [0, 0.05) is 11.1 Å². The van der Waals surface area contributed by atoms with Crippen molar-refractivity contribution in [1.29, 1.82) is 0 Å². The minimum atomic E-state index is -4.06. The molecular weight excluding hydrogens is 364 g/mol. The van der Waals surface area contributed by atoms with Crippen molar-refractivity contribution in [1.82, 2.24) is 9.29 Å². The second-order valence-corrected chi connectivity index (χ2v) is 7.85. The summed E-state index contributed by atoms with van der Waals surface area (Å²) in [4.78, 5) is 27.1. The molecule has 126 valence electrons. The molecule has 0 aliphatic carbocycles. The van der Waals surface area contributed by atoms with Crippen molar-refractivity contribution in [2.24, 2.45) is 0 Å². The Balaban J connectivity index is 1.81. The van der Waals surface area contributed by atoms with Crippen molar-refractivity contribution in [2.45, 2.75) is 11.4 Å². The number of hydrogen-bond acceptors (Lipinski definition) is 4. The Kier molecular flexibility index (Phi) is 3.45. The number of carbonyl (C=O) groups is 1. The number of halogens is 1. The third-order valence-electron chi connectivity index (χ3n) is 4.10. The number of rotatable bonds is 2. The van der Waals surface area contributed by atoms with Crippen LogP contribution in [0.3, 0.4) is 0 Å². The lowest BCUT2D eigenvalue weighted by Gasteiger charge is -2.15. The Hall–Kier alpha value is -2.64. The number of fused-ring (bicyclic) bond motifs is 2. The van der Waals surface area contributed by atoms with Gasteiger partial charge in [-0.3, -0.25) is 9.59 Å². The fourth-order valence-corrected chi connectivity index (χ4v) is 5.02. The van der Waals surface area contributed by atoms with Crippen LogP contribution in [0.15, 0.2) is 58.2 Å². The normalized spacial score (nSPS) is 15.6. The van der Waals surface area contributed by atoms with Gasteiger partial charge in [0.05, 0.1) is 17.1 Å². The second kappa shape index (κ2) is 5.44. The van der Waals surface area contributed by atoms with Gasteiger partial charge in [-0.25, -0.2) is 12.7 Å². The summed E-state index contributed by atoms with van der Waals surface area (Å²) in [6, 6.07) is 13.0. The summed E-state index contributed by atoms with van der Waals surface area (Å²) in [5, 5.41) is 1.16. The predicted octanol–water partition coefficient (Wildman–Crippen LogP) is 2.53. The van der Waals surface area contributed by atoms with Crippen molar-refractivity contribution in [3.8, 4) is 0 Å². The van der Waals surface area contributed by atoms with Crippen LogP contribution in [-0.4, -0.2) is 23.6 Å². The average Bonchev–Trinajstić information content (AvgIpc) is 2.77. The van der Waals surface area contributed by atoms with E-state index < -0.39 is 15.9 Å². The average molecular weight is 375 g/mol. The smallest absolute Gasteiger partial charge is 0.269 e.